The number of aliphatic hydroxyl groups excluding tert-OH is 1. The molecule has 1 aromatic heterocycles. The van der Waals surface area contributed by atoms with E-state index in [0.717, 1.165) is 12.1 Å². The maximum Gasteiger partial charge on any atom is 0.296 e. The van der Waals surface area contributed by atoms with Crippen LogP contribution >= 0.6 is 0 Å². The zero-order valence-electron chi connectivity index (χ0n) is 15.6. The maximum atomic E-state index is 14.7. The van der Waals surface area contributed by atoms with Crippen molar-refractivity contribution in [2.24, 2.45) is 0 Å². The molecule has 1 amide bonds. The van der Waals surface area contributed by atoms with Crippen molar-refractivity contribution in [2.75, 3.05) is 0 Å². The Labute approximate surface area is 170 Å². The summed E-state index contributed by atoms with van der Waals surface area (Å²) in [6, 6.07) is 14.5. The Kier molecular flexibility index (Phi) is 5.10. The van der Waals surface area contributed by atoms with Gasteiger partial charge in [0.1, 0.15) is 17.4 Å². The molecule has 1 aliphatic rings. The molecule has 2 heterocycles. The smallest absolute Gasteiger partial charge is 0.296 e. The standard InChI is InChI=1S/C23H16F2N2O3/c24-15-10-8-14(9-11-15)21(28)19-20(17-6-1-2-7-18(17)25)27(23(30)22(19)29)13-16-5-3-4-12-26-16/h1-12,20,28H,13H2/b21-19-. The normalized spacial score (nSPS) is 18.1. The van der Waals surface area contributed by atoms with E-state index in [1.807, 2.05) is 0 Å². The van der Waals surface area contributed by atoms with Crippen LogP contribution in [0.4, 0.5) is 8.78 Å². The highest BCUT2D eigenvalue weighted by atomic mass is 19.1. The van der Waals surface area contributed by atoms with Crippen LogP contribution in [-0.2, 0) is 16.1 Å². The number of amides is 1. The van der Waals surface area contributed by atoms with Crippen molar-refractivity contribution in [3.8, 4) is 0 Å². The Bertz CT molecular complexity index is 1140. The minimum Gasteiger partial charge on any atom is -0.507 e. The van der Waals surface area contributed by atoms with Gasteiger partial charge in [-0.1, -0.05) is 24.3 Å². The number of aliphatic hydroxyl groups is 1. The molecule has 1 fully saturated rings. The van der Waals surface area contributed by atoms with Crippen molar-refractivity contribution in [2.45, 2.75) is 12.6 Å². The molecule has 1 saturated heterocycles. The first kappa shape index (κ1) is 19.4. The van der Waals surface area contributed by atoms with Crippen LogP contribution in [0.25, 0.3) is 5.76 Å². The third-order valence-corrected chi connectivity index (χ3v) is 4.92. The molecule has 0 aliphatic carbocycles. The van der Waals surface area contributed by atoms with Crippen molar-refractivity contribution in [1.82, 2.24) is 9.88 Å². The largest absolute Gasteiger partial charge is 0.507 e. The van der Waals surface area contributed by atoms with Crippen LogP contribution in [0.15, 0.2) is 78.5 Å². The lowest BCUT2D eigenvalue weighted by atomic mass is 9.95. The van der Waals surface area contributed by atoms with Gasteiger partial charge in [-0.15, -0.1) is 0 Å². The van der Waals surface area contributed by atoms with Gasteiger partial charge in [0.2, 0.25) is 0 Å². The van der Waals surface area contributed by atoms with E-state index in [9.17, 15) is 23.5 Å². The number of benzene rings is 2. The van der Waals surface area contributed by atoms with E-state index < -0.39 is 35.1 Å². The molecule has 1 unspecified atom stereocenters. The second kappa shape index (κ2) is 7.87. The molecule has 4 rings (SSSR count). The summed E-state index contributed by atoms with van der Waals surface area (Å²) in [5.41, 5.74) is 0.458. The van der Waals surface area contributed by atoms with Gasteiger partial charge in [0, 0.05) is 17.3 Å². The molecule has 1 atom stereocenters. The third kappa shape index (κ3) is 3.45. The molecule has 1 aliphatic heterocycles. The average molecular weight is 406 g/mol. The number of halogens is 2. The summed E-state index contributed by atoms with van der Waals surface area (Å²) in [6.07, 6.45) is 1.54. The van der Waals surface area contributed by atoms with Crippen LogP contribution in [0.5, 0.6) is 0 Å². The van der Waals surface area contributed by atoms with E-state index >= 15 is 0 Å². The SMILES string of the molecule is O=C1C(=O)N(Cc2ccccn2)C(c2ccccc2F)/C1=C(/O)c1ccc(F)cc1. The van der Waals surface area contributed by atoms with Crippen LogP contribution in [-0.4, -0.2) is 26.7 Å². The highest BCUT2D eigenvalue weighted by molar-refractivity contribution is 6.46. The zero-order chi connectivity index (χ0) is 21.3. The van der Waals surface area contributed by atoms with Crippen molar-refractivity contribution in [1.29, 1.82) is 0 Å². The lowest BCUT2D eigenvalue weighted by Crippen LogP contribution is -2.30. The van der Waals surface area contributed by atoms with Crippen LogP contribution in [0.1, 0.15) is 22.9 Å². The summed E-state index contributed by atoms with van der Waals surface area (Å²) in [4.78, 5) is 31.0. The van der Waals surface area contributed by atoms with Crippen molar-refractivity contribution in [3.63, 3.8) is 0 Å². The van der Waals surface area contributed by atoms with Gasteiger partial charge in [0.05, 0.1) is 23.9 Å². The first-order valence-electron chi connectivity index (χ1n) is 9.16. The summed E-state index contributed by atoms with van der Waals surface area (Å²) in [6.45, 7) is -0.0510. The van der Waals surface area contributed by atoms with Crippen molar-refractivity contribution < 1.29 is 23.5 Å². The highest BCUT2D eigenvalue weighted by Gasteiger charge is 2.47. The monoisotopic (exact) mass is 406 g/mol. The van der Waals surface area contributed by atoms with Crippen LogP contribution in [0.3, 0.4) is 0 Å². The lowest BCUT2D eigenvalue weighted by Gasteiger charge is -2.25. The van der Waals surface area contributed by atoms with Crippen LogP contribution < -0.4 is 0 Å². The minimum absolute atomic E-state index is 0.0510. The zero-order valence-corrected chi connectivity index (χ0v) is 15.6. The molecule has 0 saturated carbocycles. The fourth-order valence-electron chi connectivity index (χ4n) is 3.49. The highest BCUT2D eigenvalue weighted by Crippen LogP contribution is 2.40. The number of likely N-dealkylation sites (tertiary alicyclic amines) is 1. The number of carbonyl (C=O) groups excluding carboxylic acids is 2. The molecular formula is C23H16F2N2O3. The summed E-state index contributed by atoms with van der Waals surface area (Å²) in [7, 11) is 0. The summed E-state index contributed by atoms with van der Waals surface area (Å²) in [5.74, 6) is -3.46. The molecule has 0 spiro atoms. The van der Waals surface area contributed by atoms with Gasteiger partial charge in [-0.2, -0.15) is 0 Å². The number of rotatable bonds is 4. The summed E-state index contributed by atoms with van der Waals surface area (Å²) < 4.78 is 28.0. The summed E-state index contributed by atoms with van der Waals surface area (Å²) in [5, 5.41) is 10.8. The van der Waals surface area contributed by atoms with Gasteiger partial charge in [-0.25, -0.2) is 8.78 Å². The van der Waals surface area contributed by atoms with Gasteiger partial charge < -0.3 is 10.0 Å². The van der Waals surface area contributed by atoms with Crippen molar-refractivity contribution in [3.05, 3.63) is 107 Å². The number of Topliss-reactive ketones (excluding diaryl/α,β-unsaturated/α-hetero) is 1. The molecule has 7 heteroatoms. The van der Waals surface area contributed by atoms with Gasteiger partial charge in [-0.05, 0) is 42.5 Å². The molecule has 150 valence electrons. The summed E-state index contributed by atoms with van der Waals surface area (Å²) >= 11 is 0. The first-order chi connectivity index (χ1) is 14.5. The number of nitrogens with zero attached hydrogens (tertiary/aromatic N) is 2. The van der Waals surface area contributed by atoms with Crippen LogP contribution in [0, 0.1) is 11.6 Å². The molecule has 30 heavy (non-hydrogen) atoms. The second-order valence-corrected chi connectivity index (χ2v) is 6.78. The molecule has 2 aromatic carbocycles. The van der Waals surface area contributed by atoms with E-state index in [-0.39, 0.29) is 23.2 Å². The number of ketones is 1. The van der Waals surface area contributed by atoms with Gasteiger partial charge in [-0.3, -0.25) is 14.6 Å². The predicted octanol–water partition coefficient (Wildman–Crippen LogP) is 3.98. The first-order valence-corrected chi connectivity index (χ1v) is 9.16. The number of hydrogen-bond acceptors (Lipinski definition) is 4. The lowest BCUT2D eigenvalue weighted by molar-refractivity contribution is -0.140. The molecule has 3 aromatic rings. The Hall–Kier alpha value is -3.87. The minimum atomic E-state index is -1.15. The predicted molar refractivity (Wildman–Crippen MR) is 105 cm³/mol. The topological polar surface area (TPSA) is 70.5 Å². The van der Waals surface area contributed by atoms with Gasteiger partial charge in [0.15, 0.2) is 0 Å². The van der Waals surface area contributed by atoms with E-state index in [4.69, 9.17) is 0 Å². The molecule has 5 nitrogen and oxygen atoms in total. The average Bonchev–Trinajstić information content (AvgIpc) is 3.00. The van der Waals surface area contributed by atoms with E-state index in [0.29, 0.717) is 5.69 Å². The Balaban J connectivity index is 1.88. The molecule has 1 N–H and O–H groups in total. The maximum absolute atomic E-state index is 14.7. The number of aromatic nitrogens is 1. The van der Waals surface area contributed by atoms with Crippen molar-refractivity contribution >= 4 is 17.4 Å². The fraction of sp³-hybridized carbons (Fsp3) is 0.0870. The third-order valence-electron chi connectivity index (χ3n) is 4.92. The quantitative estimate of drug-likeness (QED) is 0.404. The van der Waals surface area contributed by atoms with Gasteiger partial charge in [0.25, 0.3) is 11.7 Å². The fourth-order valence-corrected chi connectivity index (χ4v) is 3.49. The van der Waals surface area contributed by atoms with E-state index in [1.54, 1.807) is 30.5 Å². The number of pyridine rings is 1. The van der Waals surface area contributed by atoms with E-state index in [1.165, 1.54) is 35.2 Å². The Morgan fingerprint density at radius 3 is 2.33 bits per heavy atom. The van der Waals surface area contributed by atoms with Gasteiger partial charge >= 0.3 is 0 Å². The Morgan fingerprint density at radius 1 is 0.967 bits per heavy atom. The Morgan fingerprint density at radius 2 is 1.67 bits per heavy atom. The number of carbonyl (C=O) groups is 2. The molecular weight excluding hydrogens is 390 g/mol. The molecule has 0 radical (unpaired) electrons. The molecule has 0 bridgehead atoms. The number of hydrogen-bond donors (Lipinski definition) is 1. The van der Waals surface area contributed by atoms with E-state index in [2.05, 4.69) is 4.98 Å². The second-order valence-electron chi connectivity index (χ2n) is 6.78. The van der Waals surface area contributed by atoms with Crippen LogP contribution in [0.2, 0.25) is 0 Å².